The molecule has 1 aromatic carbocycles. The molecular weight excluding hydrogens is 400 g/mol. The molecule has 3 heterocycles. The van der Waals surface area contributed by atoms with Gasteiger partial charge in [-0.15, -0.1) is 11.3 Å². The minimum absolute atomic E-state index is 0.0298. The van der Waals surface area contributed by atoms with Crippen LogP contribution in [0.15, 0.2) is 29.6 Å². The van der Waals surface area contributed by atoms with Gasteiger partial charge in [-0.05, 0) is 44.0 Å². The molecule has 2 aliphatic heterocycles. The third kappa shape index (κ3) is 5.17. The zero-order valence-electron chi connectivity index (χ0n) is 17.4. The van der Waals surface area contributed by atoms with E-state index in [9.17, 15) is 9.59 Å². The summed E-state index contributed by atoms with van der Waals surface area (Å²) < 4.78 is 5.76. The van der Waals surface area contributed by atoms with Gasteiger partial charge in [0.15, 0.2) is 0 Å². The van der Waals surface area contributed by atoms with E-state index in [2.05, 4.69) is 9.88 Å². The number of aryl methyl sites for hydroxylation is 1. The number of thiazole rings is 1. The van der Waals surface area contributed by atoms with Crippen molar-refractivity contribution in [1.82, 2.24) is 19.7 Å². The minimum Gasteiger partial charge on any atom is -0.487 e. The number of amides is 2. The number of carbonyl (C=O) groups is 2. The van der Waals surface area contributed by atoms with Crippen LogP contribution in [0.1, 0.15) is 33.9 Å². The van der Waals surface area contributed by atoms with Crippen LogP contribution in [0.4, 0.5) is 0 Å². The van der Waals surface area contributed by atoms with Gasteiger partial charge >= 0.3 is 0 Å². The lowest BCUT2D eigenvalue weighted by Crippen LogP contribution is -2.51. The van der Waals surface area contributed by atoms with E-state index >= 15 is 0 Å². The summed E-state index contributed by atoms with van der Waals surface area (Å²) in [5.74, 6) is 0.973. The summed E-state index contributed by atoms with van der Waals surface area (Å²) in [6.45, 7) is 7.41. The molecule has 160 valence electrons. The zero-order valence-corrected chi connectivity index (χ0v) is 18.2. The smallest absolute Gasteiger partial charge is 0.253 e. The lowest BCUT2D eigenvalue weighted by Gasteiger charge is -2.35. The van der Waals surface area contributed by atoms with E-state index in [-0.39, 0.29) is 11.8 Å². The van der Waals surface area contributed by atoms with Crippen molar-refractivity contribution in [1.29, 1.82) is 0 Å². The molecular formula is C22H28N4O3S. The fourth-order valence-corrected chi connectivity index (χ4v) is 4.47. The van der Waals surface area contributed by atoms with Gasteiger partial charge < -0.3 is 14.5 Å². The molecule has 7 nitrogen and oxygen atoms in total. The van der Waals surface area contributed by atoms with Crippen molar-refractivity contribution in [3.05, 3.63) is 45.9 Å². The van der Waals surface area contributed by atoms with Gasteiger partial charge in [-0.2, -0.15) is 0 Å². The minimum atomic E-state index is 0.0298. The molecule has 2 aromatic rings. The number of piperazine rings is 1. The van der Waals surface area contributed by atoms with Crippen molar-refractivity contribution in [2.75, 3.05) is 45.8 Å². The first-order valence-corrected chi connectivity index (χ1v) is 11.4. The predicted octanol–water partition coefficient (Wildman–Crippen LogP) is 2.41. The van der Waals surface area contributed by atoms with Crippen molar-refractivity contribution < 1.29 is 14.3 Å². The SMILES string of the molecule is Cc1nc(COc2ccc(C(=O)N3CCN(CC(=O)N4CCCC4)CC3)cc2)cs1. The number of hydrogen-bond acceptors (Lipinski definition) is 6. The van der Waals surface area contributed by atoms with Crippen LogP contribution < -0.4 is 4.74 Å². The molecule has 1 aromatic heterocycles. The van der Waals surface area contributed by atoms with Gasteiger partial charge in [0.1, 0.15) is 12.4 Å². The summed E-state index contributed by atoms with van der Waals surface area (Å²) in [6, 6.07) is 7.29. The Kier molecular flexibility index (Phi) is 6.64. The molecule has 0 bridgehead atoms. The summed E-state index contributed by atoms with van der Waals surface area (Å²) in [4.78, 5) is 35.5. The molecule has 2 amide bonds. The second kappa shape index (κ2) is 9.57. The molecule has 4 rings (SSSR count). The fraction of sp³-hybridized carbons (Fsp3) is 0.500. The normalized spacial score (nSPS) is 17.4. The third-order valence-electron chi connectivity index (χ3n) is 5.63. The summed E-state index contributed by atoms with van der Waals surface area (Å²) in [5, 5.41) is 3.01. The summed E-state index contributed by atoms with van der Waals surface area (Å²) in [6.07, 6.45) is 2.23. The highest BCUT2D eigenvalue weighted by atomic mass is 32.1. The van der Waals surface area contributed by atoms with Crippen LogP contribution in [0, 0.1) is 6.92 Å². The Morgan fingerprint density at radius 3 is 2.33 bits per heavy atom. The van der Waals surface area contributed by atoms with Crippen LogP contribution in [0.5, 0.6) is 5.75 Å². The molecule has 2 saturated heterocycles. The first-order chi connectivity index (χ1) is 14.6. The summed E-state index contributed by atoms with van der Waals surface area (Å²) >= 11 is 1.61. The molecule has 2 fully saturated rings. The molecule has 0 unspecified atom stereocenters. The third-order valence-corrected chi connectivity index (χ3v) is 6.45. The second-order valence-electron chi connectivity index (χ2n) is 7.83. The number of aromatic nitrogens is 1. The Hall–Kier alpha value is -2.45. The van der Waals surface area contributed by atoms with E-state index in [1.807, 2.05) is 46.4 Å². The summed E-state index contributed by atoms with van der Waals surface area (Å²) in [7, 11) is 0. The van der Waals surface area contributed by atoms with Crippen molar-refractivity contribution in [2.24, 2.45) is 0 Å². The van der Waals surface area contributed by atoms with E-state index in [0.29, 0.717) is 31.8 Å². The topological polar surface area (TPSA) is 66.0 Å². The lowest BCUT2D eigenvalue weighted by molar-refractivity contribution is -0.131. The Balaban J connectivity index is 1.24. The van der Waals surface area contributed by atoms with Gasteiger partial charge in [0.25, 0.3) is 5.91 Å². The first-order valence-electron chi connectivity index (χ1n) is 10.5. The highest BCUT2D eigenvalue weighted by Crippen LogP contribution is 2.17. The molecule has 0 saturated carbocycles. The maximum absolute atomic E-state index is 12.8. The number of likely N-dealkylation sites (tertiary alicyclic amines) is 1. The molecule has 0 radical (unpaired) electrons. The first kappa shape index (κ1) is 20.8. The summed E-state index contributed by atoms with van der Waals surface area (Å²) in [5.41, 5.74) is 1.58. The zero-order chi connectivity index (χ0) is 20.9. The maximum atomic E-state index is 12.8. The van der Waals surface area contributed by atoms with Crippen LogP contribution in [0.2, 0.25) is 0 Å². The van der Waals surface area contributed by atoms with Crippen LogP contribution >= 0.6 is 11.3 Å². The fourth-order valence-electron chi connectivity index (χ4n) is 3.88. The number of ether oxygens (including phenoxy) is 1. The average Bonchev–Trinajstić information content (AvgIpc) is 3.45. The molecule has 2 aliphatic rings. The van der Waals surface area contributed by atoms with E-state index in [0.717, 1.165) is 55.5 Å². The quantitative estimate of drug-likeness (QED) is 0.707. The highest BCUT2D eigenvalue weighted by Gasteiger charge is 2.25. The van der Waals surface area contributed by atoms with E-state index in [1.54, 1.807) is 11.3 Å². The van der Waals surface area contributed by atoms with Crippen LogP contribution in [-0.2, 0) is 11.4 Å². The van der Waals surface area contributed by atoms with Gasteiger partial charge in [-0.25, -0.2) is 4.98 Å². The lowest BCUT2D eigenvalue weighted by atomic mass is 10.1. The van der Waals surface area contributed by atoms with Crippen molar-refractivity contribution in [3.8, 4) is 5.75 Å². The van der Waals surface area contributed by atoms with Gasteiger partial charge in [-0.1, -0.05) is 0 Å². The maximum Gasteiger partial charge on any atom is 0.253 e. The van der Waals surface area contributed by atoms with Crippen LogP contribution in [0.25, 0.3) is 0 Å². The number of nitrogens with zero attached hydrogens (tertiary/aromatic N) is 4. The number of rotatable bonds is 6. The Morgan fingerprint density at radius 1 is 1.00 bits per heavy atom. The van der Waals surface area contributed by atoms with E-state index in [1.165, 1.54) is 0 Å². The predicted molar refractivity (Wildman–Crippen MR) is 116 cm³/mol. The molecule has 0 spiro atoms. The average molecular weight is 429 g/mol. The van der Waals surface area contributed by atoms with Gasteiger partial charge in [0, 0.05) is 50.2 Å². The molecule has 0 N–H and O–H groups in total. The molecule has 0 atom stereocenters. The van der Waals surface area contributed by atoms with Crippen LogP contribution in [-0.4, -0.2) is 77.3 Å². The van der Waals surface area contributed by atoms with Gasteiger partial charge in [-0.3, -0.25) is 14.5 Å². The number of benzene rings is 1. The molecule has 0 aliphatic carbocycles. The molecule has 8 heteroatoms. The monoisotopic (exact) mass is 428 g/mol. The second-order valence-corrected chi connectivity index (χ2v) is 8.89. The van der Waals surface area contributed by atoms with E-state index < -0.39 is 0 Å². The Bertz CT molecular complexity index is 869. The van der Waals surface area contributed by atoms with Gasteiger partial charge in [0.2, 0.25) is 5.91 Å². The highest BCUT2D eigenvalue weighted by molar-refractivity contribution is 7.09. The van der Waals surface area contributed by atoms with E-state index in [4.69, 9.17) is 4.74 Å². The number of hydrogen-bond donors (Lipinski definition) is 0. The van der Waals surface area contributed by atoms with Gasteiger partial charge in [0.05, 0.1) is 17.2 Å². The standard InChI is InChI=1S/C22H28N4O3S/c1-17-23-19(16-30-17)15-29-20-6-4-18(5-7-20)22(28)26-12-10-24(11-13-26)14-21(27)25-8-2-3-9-25/h4-7,16H,2-3,8-15H2,1H3. The Labute approximate surface area is 181 Å². The largest absolute Gasteiger partial charge is 0.487 e. The Morgan fingerprint density at radius 2 is 1.70 bits per heavy atom. The van der Waals surface area contributed by atoms with Crippen LogP contribution in [0.3, 0.4) is 0 Å². The molecule has 30 heavy (non-hydrogen) atoms. The number of carbonyl (C=O) groups excluding carboxylic acids is 2. The van der Waals surface area contributed by atoms with Crippen molar-refractivity contribution >= 4 is 23.2 Å². The van der Waals surface area contributed by atoms with Crippen molar-refractivity contribution in [3.63, 3.8) is 0 Å². The van der Waals surface area contributed by atoms with Crippen molar-refractivity contribution in [2.45, 2.75) is 26.4 Å².